The summed E-state index contributed by atoms with van der Waals surface area (Å²) in [5.74, 6) is -0.677. The number of carbonyl (C=O) groups excluding carboxylic acids is 2. The van der Waals surface area contributed by atoms with E-state index in [2.05, 4.69) is 5.32 Å². The van der Waals surface area contributed by atoms with Crippen LogP contribution in [-0.4, -0.2) is 44.3 Å². The van der Waals surface area contributed by atoms with E-state index in [0.29, 0.717) is 25.1 Å². The van der Waals surface area contributed by atoms with Crippen LogP contribution in [0.5, 0.6) is 0 Å². The van der Waals surface area contributed by atoms with Crippen molar-refractivity contribution in [3.63, 3.8) is 0 Å². The molecule has 0 saturated heterocycles. The van der Waals surface area contributed by atoms with Gasteiger partial charge in [0.2, 0.25) is 11.8 Å². The first-order valence-electron chi connectivity index (χ1n) is 13.6. The minimum Gasteiger partial charge on any atom is -0.354 e. The molecule has 0 heterocycles. The van der Waals surface area contributed by atoms with Crippen LogP contribution >= 0.6 is 0 Å². The molecule has 7 nitrogen and oxygen atoms in total. The van der Waals surface area contributed by atoms with Crippen molar-refractivity contribution in [1.29, 1.82) is 0 Å². The minimum absolute atomic E-state index is 0.0997. The molecule has 0 spiro atoms. The van der Waals surface area contributed by atoms with Crippen LogP contribution in [-0.2, 0) is 32.6 Å². The Kier molecular flexibility index (Phi) is 11.1. The van der Waals surface area contributed by atoms with Crippen LogP contribution in [0.15, 0.2) is 89.8 Å². The highest BCUT2D eigenvalue weighted by molar-refractivity contribution is 7.92. The zero-order chi connectivity index (χ0) is 28.3. The Labute approximate surface area is 232 Å². The number of aryl methyl sites for hydroxylation is 1. The molecule has 0 bridgehead atoms. The van der Waals surface area contributed by atoms with Gasteiger partial charge in [0.1, 0.15) is 12.6 Å². The van der Waals surface area contributed by atoms with E-state index < -0.39 is 28.5 Å². The van der Waals surface area contributed by atoms with E-state index >= 15 is 0 Å². The fourth-order valence-corrected chi connectivity index (χ4v) is 5.96. The third kappa shape index (κ3) is 7.69. The van der Waals surface area contributed by atoms with E-state index in [1.807, 2.05) is 63.2 Å². The van der Waals surface area contributed by atoms with Crippen molar-refractivity contribution in [1.82, 2.24) is 10.2 Å². The van der Waals surface area contributed by atoms with Crippen molar-refractivity contribution in [2.24, 2.45) is 0 Å². The molecular formula is C31H39N3O4S. The fourth-order valence-electron chi connectivity index (χ4n) is 4.49. The summed E-state index contributed by atoms with van der Waals surface area (Å²) < 4.78 is 29.1. The standard InChI is InChI=1S/C31H39N3O4S/c1-4-7-22-32-31(36)28(6-3)33(23-25-16-10-8-11-17-25)30(35)24-34(29-21-15-14-18-26(29)5-2)39(37,38)27-19-12-9-13-20-27/h8-21,28H,4-7,22-24H2,1-3H3,(H,32,36). The van der Waals surface area contributed by atoms with Gasteiger partial charge in [-0.25, -0.2) is 8.42 Å². The van der Waals surface area contributed by atoms with E-state index in [4.69, 9.17) is 0 Å². The summed E-state index contributed by atoms with van der Waals surface area (Å²) in [6.45, 7) is 6.14. The molecule has 0 fully saturated rings. The number of unbranched alkanes of at least 4 members (excludes halogenated alkanes) is 1. The Morgan fingerprint density at radius 1 is 0.846 bits per heavy atom. The second kappa shape index (κ2) is 14.5. The Hall–Kier alpha value is -3.65. The van der Waals surface area contributed by atoms with Gasteiger partial charge in [-0.2, -0.15) is 0 Å². The molecule has 8 heteroatoms. The number of benzene rings is 3. The number of hydrogen-bond acceptors (Lipinski definition) is 4. The zero-order valence-corrected chi connectivity index (χ0v) is 23.9. The smallest absolute Gasteiger partial charge is 0.264 e. The number of carbonyl (C=O) groups is 2. The van der Waals surface area contributed by atoms with Gasteiger partial charge in [-0.05, 0) is 48.6 Å². The van der Waals surface area contributed by atoms with Crippen molar-refractivity contribution < 1.29 is 18.0 Å². The van der Waals surface area contributed by atoms with Gasteiger partial charge in [0.25, 0.3) is 10.0 Å². The van der Waals surface area contributed by atoms with Gasteiger partial charge >= 0.3 is 0 Å². The van der Waals surface area contributed by atoms with Crippen molar-refractivity contribution in [3.05, 3.63) is 96.1 Å². The van der Waals surface area contributed by atoms with Crippen LogP contribution < -0.4 is 9.62 Å². The summed E-state index contributed by atoms with van der Waals surface area (Å²) in [6, 6.07) is 24.0. The average molecular weight is 550 g/mol. The molecule has 2 amide bonds. The summed E-state index contributed by atoms with van der Waals surface area (Å²) in [5.41, 5.74) is 2.12. The summed E-state index contributed by atoms with van der Waals surface area (Å²) >= 11 is 0. The summed E-state index contributed by atoms with van der Waals surface area (Å²) in [4.78, 5) is 28.9. The second-order valence-electron chi connectivity index (χ2n) is 9.38. The van der Waals surface area contributed by atoms with E-state index in [0.717, 1.165) is 24.0 Å². The molecule has 0 aliphatic heterocycles. The number of amides is 2. The Morgan fingerprint density at radius 3 is 2.08 bits per heavy atom. The normalized spacial score (nSPS) is 12.0. The first-order chi connectivity index (χ1) is 18.8. The molecule has 0 saturated carbocycles. The number of hydrogen-bond donors (Lipinski definition) is 1. The van der Waals surface area contributed by atoms with Crippen molar-refractivity contribution >= 4 is 27.5 Å². The molecule has 208 valence electrons. The molecule has 3 aromatic carbocycles. The van der Waals surface area contributed by atoms with E-state index in [1.165, 1.54) is 21.3 Å². The number of nitrogens with zero attached hydrogens (tertiary/aromatic N) is 2. The van der Waals surface area contributed by atoms with Gasteiger partial charge in [-0.1, -0.05) is 93.9 Å². The largest absolute Gasteiger partial charge is 0.354 e. The Balaban J connectivity index is 2.04. The van der Waals surface area contributed by atoms with Gasteiger partial charge in [-0.3, -0.25) is 13.9 Å². The van der Waals surface area contributed by atoms with Gasteiger partial charge in [0.15, 0.2) is 0 Å². The van der Waals surface area contributed by atoms with Gasteiger partial charge in [0.05, 0.1) is 10.6 Å². The minimum atomic E-state index is -4.07. The van der Waals surface area contributed by atoms with Crippen molar-refractivity contribution in [3.8, 4) is 0 Å². The van der Waals surface area contributed by atoms with Crippen molar-refractivity contribution in [2.45, 2.75) is 63.9 Å². The van der Waals surface area contributed by atoms with E-state index in [1.54, 1.807) is 30.3 Å². The molecule has 0 aliphatic carbocycles. The zero-order valence-electron chi connectivity index (χ0n) is 23.0. The number of sulfonamides is 1. The van der Waals surface area contributed by atoms with Crippen LogP contribution in [0.3, 0.4) is 0 Å². The third-order valence-corrected chi connectivity index (χ3v) is 8.44. The predicted octanol–water partition coefficient (Wildman–Crippen LogP) is 5.17. The predicted molar refractivity (Wildman–Crippen MR) is 156 cm³/mol. The monoisotopic (exact) mass is 549 g/mol. The Bertz CT molecular complexity index is 1310. The highest BCUT2D eigenvalue weighted by Crippen LogP contribution is 2.28. The summed E-state index contributed by atoms with van der Waals surface area (Å²) in [7, 11) is -4.07. The number of anilines is 1. The lowest BCUT2D eigenvalue weighted by molar-refractivity contribution is -0.140. The lowest BCUT2D eigenvalue weighted by Gasteiger charge is -2.33. The van der Waals surface area contributed by atoms with Crippen LogP contribution in [0, 0.1) is 0 Å². The molecule has 3 rings (SSSR count). The first-order valence-corrected chi connectivity index (χ1v) is 15.0. The molecule has 1 atom stereocenters. The quantitative estimate of drug-likeness (QED) is 0.281. The molecular weight excluding hydrogens is 510 g/mol. The van der Waals surface area contributed by atoms with Crippen LogP contribution in [0.4, 0.5) is 5.69 Å². The second-order valence-corrected chi connectivity index (χ2v) is 11.2. The van der Waals surface area contributed by atoms with Crippen LogP contribution in [0.2, 0.25) is 0 Å². The van der Waals surface area contributed by atoms with Crippen LogP contribution in [0.1, 0.15) is 51.2 Å². The van der Waals surface area contributed by atoms with Crippen LogP contribution in [0.25, 0.3) is 0 Å². The molecule has 0 radical (unpaired) electrons. The average Bonchev–Trinajstić information content (AvgIpc) is 2.96. The maximum Gasteiger partial charge on any atom is 0.264 e. The summed E-state index contributed by atoms with van der Waals surface area (Å²) in [5, 5.41) is 2.95. The van der Waals surface area contributed by atoms with Gasteiger partial charge in [0, 0.05) is 13.1 Å². The highest BCUT2D eigenvalue weighted by Gasteiger charge is 2.34. The van der Waals surface area contributed by atoms with Crippen molar-refractivity contribution in [2.75, 3.05) is 17.4 Å². The summed E-state index contributed by atoms with van der Waals surface area (Å²) in [6.07, 6.45) is 2.77. The SMILES string of the molecule is CCCCNC(=O)C(CC)N(Cc1ccccc1)C(=O)CN(c1ccccc1CC)S(=O)(=O)c1ccccc1. The van der Waals surface area contributed by atoms with E-state index in [9.17, 15) is 18.0 Å². The Morgan fingerprint density at radius 2 is 1.46 bits per heavy atom. The molecule has 0 aliphatic rings. The van der Waals surface area contributed by atoms with Gasteiger partial charge in [-0.15, -0.1) is 0 Å². The highest BCUT2D eigenvalue weighted by atomic mass is 32.2. The third-order valence-electron chi connectivity index (χ3n) is 6.66. The molecule has 3 aromatic rings. The topological polar surface area (TPSA) is 86.8 Å². The maximum atomic E-state index is 14.1. The van der Waals surface area contributed by atoms with E-state index in [-0.39, 0.29) is 17.3 Å². The number of rotatable bonds is 14. The molecule has 0 aromatic heterocycles. The number of para-hydroxylation sites is 1. The molecule has 39 heavy (non-hydrogen) atoms. The number of nitrogens with one attached hydrogen (secondary N) is 1. The lowest BCUT2D eigenvalue weighted by atomic mass is 10.1. The van der Waals surface area contributed by atoms with Gasteiger partial charge < -0.3 is 10.2 Å². The molecule has 1 unspecified atom stereocenters. The first kappa shape index (κ1) is 29.9. The molecule has 1 N–H and O–H groups in total. The fraction of sp³-hybridized carbons (Fsp3) is 0.355. The lowest BCUT2D eigenvalue weighted by Crippen LogP contribution is -2.52. The maximum absolute atomic E-state index is 14.1.